The first-order valence-electron chi connectivity index (χ1n) is 8.28. The molecule has 0 aliphatic carbocycles. The molecule has 2 aromatic carbocycles. The van der Waals surface area contributed by atoms with Crippen molar-refractivity contribution in [2.24, 2.45) is 0 Å². The fraction of sp³-hybridized carbons (Fsp3) is 0.368. The standard InChI is InChI=1S/C19H25NO4S/c1-4-24-19(16-7-9-17(23-3)10-8-16)13-14-20-25(21,22)18-11-5-15(2)6-12-18/h5-12,19-20H,4,13-14H2,1-3H3. The summed E-state index contributed by atoms with van der Waals surface area (Å²) in [7, 11) is -1.89. The second-order valence-corrected chi connectivity index (χ2v) is 7.48. The van der Waals surface area contributed by atoms with Crippen molar-refractivity contribution in [3.8, 4) is 5.75 Å². The summed E-state index contributed by atoms with van der Waals surface area (Å²) in [5.41, 5.74) is 2.02. The molecule has 0 aliphatic rings. The van der Waals surface area contributed by atoms with Gasteiger partial charge in [0.1, 0.15) is 5.75 Å². The Hall–Kier alpha value is -1.89. The Morgan fingerprint density at radius 3 is 2.24 bits per heavy atom. The van der Waals surface area contributed by atoms with Gasteiger partial charge in [-0.25, -0.2) is 13.1 Å². The number of hydrogen-bond donors (Lipinski definition) is 1. The number of nitrogens with one attached hydrogen (secondary N) is 1. The summed E-state index contributed by atoms with van der Waals surface area (Å²) in [6.45, 7) is 4.70. The Balaban J connectivity index is 1.99. The molecule has 1 N–H and O–H groups in total. The summed E-state index contributed by atoms with van der Waals surface area (Å²) in [6, 6.07) is 14.4. The second-order valence-electron chi connectivity index (χ2n) is 5.72. The predicted octanol–water partition coefficient (Wildman–Crippen LogP) is 3.45. The van der Waals surface area contributed by atoms with Crippen LogP contribution in [0.5, 0.6) is 5.75 Å². The zero-order chi connectivity index (χ0) is 18.3. The molecule has 0 spiro atoms. The van der Waals surface area contributed by atoms with Gasteiger partial charge in [0, 0.05) is 13.2 Å². The van der Waals surface area contributed by atoms with Crippen LogP contribution in [0.3, 0.4) is 0 Å². The van der Waals surface area contributed by atoms with Crippen molar-refractivity contribution in [2.75, 3.05) is 20.3 Å². The summed E-state index contributed by atoms with van der Waals surface area (Å²) in [5.74, 6) is 0.777. The van der Waals surface area contributed by atoms with Gasteiger partial charge in [-0.2, -0.15) is 0 Å². The summed E-state index contributed by atoms with van der Waals surface area (Å²) in [4.78, 5) is 0.274. The van der Waals surface area contributed by atoms with Crippen LogP contribution in [0.25, 0.3) is 0 Å². The van der Waals surface area contributed by atoms with E-state index in [9.17, 15) is 8.42 Å². The summed E-state index contributed by atoms with van der Waals surface area (Å²) in [5, 5.41) is 0. The lowest BCUT2D eigenvalue weighted by molar-refractivity contribution is 0.0573. The van der Waals surface area contributed by atoms with E-state index in [-0.39, 0.29) is 11.0 Å². The minimum atomic E-state index is -3.51. The van der Waals surface area contributed by atoms with Crippen LogP contribution in [0.1, 0.15) is 30.6 Å². The Morgan fingerprint density at radius 1 is 1.04 bits per heavy atom. The van der Waals surface area contributed by atoms with Gasteiger partial charge in [0.2, 0.25) is 10.0 Å². The van der Waals surface area contributed by atoms with E-state index in [2.05, 4.69) is 4.72 Å². The molecule has 0 aromatic heterocycles. The van der Waals surface area contributed by atoms with E-state index in [0.717, 1.165) is 16.9 Å². The topological polar surface area (TPSA) is 64.6 Å². The van der Waals surface area contributed by atoms with Crippen LogP contribution < -0.4 is 9.46 Å². The number of hydrogen-bond acceptors (Lipinski definition) is 4. The van der Waals surface area contributed by atoms with Crippen molar-refractivity contribution in [1.29, 1.82) is 0 Å². The first-order valence-corrected chi connectivity index (χ1v) is 9.76. The first kappa shape index (κ1) is 19.4. The number of methoxy groups -OCH3 is 1. The Morgan fingerprint density at radius 2 is 1.68 bits per heavy atom. The van der Waals surface area contributed by atoms with E-state index in [1.165, 1.54) is 0 Å². The molecule has 25 heavy (non-hydrogen) atoms. The molecule has 0 saturated carbocycles. The molecule has 0 bridgehead atoms. The highest BCUT2D eigenvalue weighted by atomic mass is 32.2. The summed E-state index contributed by atoms with van der Waals surface area (Å²) < 4.78 is 38.2. The molecule has 1 atom stereocenters. The van der Waals surface area contributed by atoms with Crippen LogP contribution in [0, 0.1) is 6.92 Å². The lowest BCUT2D eigenvalue weighted by Gasteiger charge is -2.18. The van der Waals surface area contributed by atoms with E-state index < -0.39 is 10.0 Å². The largest absolute Gasteiger partial charge is 0.497 e. The fourth-order valence-electron chi connectivity index (χ4n) is 2.49. The molecule has 136 valence electrons. The molecule has 2 aromatic rings. The van der Waals surface area contributed by atoms with Crippen molar-refractivity contribution in [1.82, 2.24) is 4.72 Å². The monoisotopic (exact) mass is 363 g/mol. The average molecular weight is 363 g/mol. The average Bonchev–Trinajstić information content (AvgIpc) is 2.61. The lowest BCUT2D eigenvalue weighted by atomic mass is 10.1. The molecule has 0 saturated heterocycles. The maximum atomic E-state index is 12.3. The van der Waals surface area contributed by atoms with E-state index in [4.69, 9.17) is 9.47 Å². The molecular formula is C19H25NO4S. The maximum Gasteiger partial charge on any atom is 0.240 e. The van der Waals surface area contributed by atoms with Crippen LogP contribution in [0.4, 0.5) is 0 Å². The Bertz CT molecular complexity index is 755. The summed E-state index contributed by atoms with van der Waals surface area (Å²) in [6.07, 6.45) is 0.377. The van der Waals surface area contributed by atoms with Crippen molar-refractivity contribution in [3.05, 3.63) is 59.7 Å². The van der Waals surface area contributed by atoms with Crippen molar-refractivity contribution < 1.29 is 17.9 Å². The van der Waals surface area contributed by atoms with Gasteiger partial charge in [-0.05, 0) is 50.1 Å². The molecular weight excluding hydrogens is 338 g/mol. The van der Waals surface area contributed by atoms with Crippen LogP contribution in [-0.4, -0.2) is 28.7 Å². The van der Waals surface area contributed by atoms with Crippen molar-refractivity contribution in [3.63, 3.8) is 0 Å². The molecule has 0 radical (unpaired) electrons. The number of aryl methyl sites for hydroxylation is 1. The Kier molecular flexibility index (Phi) is 6.99. The van der Waals surface area contributed by atoms with Gasteiger partial charge in [-0.3, -0.25) is 0 Å². The van der Waals surface area contributed by atoms with E-state index in [1.807, 2.05) is 38.1 Å². The Labute approximate surface area is 150 Å². The minimum Gasteiger partial charge on any atom is -0.497 e. The number of benzene rings is 2. The highest BCUT2D eigenvalue weighted by Crippen LogP contribution is 2.23. The molecule has 2 rings (SSSR count). The maximum absolute atomic E-state index is 12.3. The van der Waals surface area contributed by atoms with Gasteiger partial charge < -0.3 is 9.47 Å². The molecule has 0 heterocycles. The highest BCUT2D eigenvalue weighted by Gasteiger charge is 2.16. The molecule has 6 heteroatoms. The zero-order valence-electron chi connectivity index (χ0n) is 14.9. The highest BCUT2D eigenvalue weighted by molar-refractivity contribution is 7.89. The van der Waals surface area contributed by atoms with Gasteiger partial charge >= 0.3 is 0 Å². The van der Waals surface area contributed by atoms with Crippen LogP contribution >= 0.6 is 0 Å². The van der Waals surface area contributed by atoms with Gasteiger partial charge in [-0.1, -0.05) is 29.8 Å². The number of rotatable bonds is 9. The van der Waals surface area contributed by atoms with Crippen molar-refractivity contribution in [2.45, 2.75) is 31.3 Å². The molecule has 0 amide bonds. The number of ether oxygens (including phenoxy) is 2. The minimum absolute atomic E-state index is 0.170. The lowest BCUT2D eigenvalue weighted by Crippen LogP contribution is -2.26. The van der Waals surface area contributed by atoms with E-state index in [1.54, 1.807) is 31.4 Å². The van der Waals surface area contributed by atoms with E-state index in [0.29, 0.717) is 19.6 Å². The smallest absolute Gasteiger partial charge is 0.240 e. The fourth-order valence-corrected chi connectivity index (χ4v) is 3.54. The molecule has 1 unspecified atom stereocenters. The quantitative estimate of drug-likeness (QED) is 0.741. The normalized spacial score (nSPS) is 12.8. The predicted molar refractivity (Wildman–Crippen MR) is 98.3 cm³/mol. The molecule has 0 fully saturated rings. The summed E-state index contributed by atoms with van der Waals surface area (Å²) >= 11 is 0. The zero-order valence-corrected chi connectivity index (χ0v) is 15.7. The van der Waals surface area contributed by atoms with Crippen molar-refractivity contribution >= 4 is 10.0 Å². The van der Waals surface area contributed by atoms with Gasteiger partial charge in [0.25, 0.3) is 0 Å². The van der Waals surface area contributed by atoms with Crippen LogP contribution in [0.2, 0.25) is 0 Å². The van der Waals surface area contributed by atoms with Gasteiger partial charge in [0.05, 0.1) is 18.1 Å². The molecule has 5 nitrogen and oxygen atoms in total. The van der Waals surface area contributed by atoms with E-state index >= 15 is 0 Å². The van der Waals surface area contributed by atoms with Gasteiger partial charge in [-0.15, -0.1) is 0 Å². The van der Waals surface area contributed by atoms with Crippen LogP contribution in [-0.2, 0) is 14.8 Å². The second kappa shape index (κ2) is 8.99. The third-order valence-electron chi connectivity index (χ3n) is 3.89. The molecule has 0 aliphatic heterocycles. The third kappa shape index (κ3) is 5.56. The third-order valence-corrected chi connectivity index (χ3v) is 5.36. The number of sulfonamides is 1. The van der Waals surface area contributed by atoms with Gasteiger partial charge in [0.15, 0.2) is 0 Å². The van der Waals surface area contributed by atoms with Crippen LogP contribution in [0.15, 0.2) is 53.4 Å². The first-order chi connectivity index (χ1) is 12.0. The SMILES string of the molecule is CCOC(CCNS(=O)(=O)c1ccc(C)cc1)c1ccc(OC)cc1.